The highest BCUT2D eigenvalue weighted by atomic mass is 16.6. The molecule has 2 fully saturated rings. The number of methoxy groups -OCH3 is 1. The molecule has 2 heterocycles. The highest BCUT2D eigenvalue weighted by Gasteiger charge is 2.49. The Kier molecular flexibility index (Phi) is 2.10. The lowest BCUT2D eigenvalue weighted by Crippen LogP contribution is -2.61. The van der Waals surface area contributed by atoms with Crippen LogP contribution in [0.25, 0.3) is 0 Å². The zero-order valence-corrected chi connectivity index (χ0v) is 7.88. The van der Waals surface area contributed by atoms with E-state index in [0.29, 0.717) is 6.10 Å². The lowest BCUT2D eigenvalue weighted by Gasteiger charge is -2.46. The van der Waals surface area contributed by atoms with Crippen molar-refractivity contribution in [2.45, 2.75) is 25.0 Å². The van der Waals surface area contributed by atoms with Crippen LogP contribution in [0.15, 0.2) is 0 Å². The molecule has 3 nitrogen and oxygen atoms in total. The molecule has 3 heteroatoms. The largest absolute Gasteiger partial charge is 0.379 e. The molecular formula is C9H17NO2. The van der Waals surface area contributed by atoms with Crippen molar-refractivity contribution in [3.63, 3.8) is 0 Å². The Morgan fingerprint density at radius 1 is 1.58 bits per heavy atom. The van der Waals surface area contributed by atoms with E-state index in [4.69, 9.17) is 9.47 Å². The van der Waals surface area contributed by atoms with Gasteiger partial charge in [-0.1, -0.05) is 6.92 Å². The van der Waals surface area contributed by atoms with Crippen LogP contribution in [-0.2, 0) is 9.47 Å². The predicted molar refractivity (Wildman–Crippen MR) is 46.2 cm³/mol. The van der Waals surface area contributed by atoms with E-state index < -0.39 is 0 Å². The van der Waals surface area contributed by atoms with E-state index >= 15 is 0 Å². The molecule has 0 radical (unpaired) electrons. The van der Waals surface area contributed by atoms with E-state index in [0.717, 1.165) is 32.7 Å². The van der Waals surface area contributed by atoms with Crippen molar-refractivity contribution in [3.8, 4) is 0 Å². The van der Waals surface area contributed by atoms with Gasteiger partial charge in [0.2, 0.25) is 0 Å². The van der Waals surface area contributed by atoms with Crippen molar-refractivity contribution in [1.82, 2.24) is 4.90 Å². The summed E-state index contributed by atoms with van der Waals surface area (Å²) in [5.41, 5.74) is 0.163. The zero-order valence-electron chi connectivity index (χ0n) is 7.88. The van der Waals surface area contributed by atoms with Gasteiger partial charge >= 0.3 is 0 Å². The minimum absolute atomic E-state index is 0.163. The van der Waals surface area contributed by atoms with Gasteiger partial charge in [0.05, 0.1) is 18.3 Å². The Bertz CT molecular complexity index is 166. The fraction of sp³-hybridized carbons (Fsp3) is 1.00. The van der Waals surface area contributed by atoms with Crippen molar-refractivity contribution in [2.75, 3.05) is 33.4 Å². The van der Waals surface area contributed by atoms with Crippen LogP contribution in [0.4, 0.5) is 0 Å². The first kappa shape index (κ1) is 8.48. The summed E-state index contributed by atoms with van der Waals surface area (Å²) in [7, 11) is 1.77. The molecule has 12 heavy (non-hydrogen) atoms. The third-order valence-electron chi connectivity index (χ3n) is 2.98. The number of likely N-dealkylation sites (N-methyl/N-ethyl adjacent to an activating group) is 1. The molecule has 1 atom stereocenters. The van der Waals surface area contributed by atoms with E-state index in [2.05, 4.69) is 11.8 Å². The molecule has 0 aromatic rings. The first-order valence-corrected chi connectivity index (χ1v) is 4.67. The number of hydrogen-bond acceptors (Lipinski definition) is 3. The van der Waals surface area contributed by atoms with E-state index in [9.17, 15) is 0 Å². The van der Waals surface area contributed by atoms with Crippen LogP contribution in [0, 0.1) is 0 Å². The van der Waals surface area contributed by atoms with Gasteiger partial charge in [0.15, 0.2) is 0 Å². The summed E-state index contributed by atoms with van der Waals surface area (Å²) in [6.07, 6.45) is 1.42. The average Bonchev–Trinajstić information content (AvgIpc) is 2.45. The monoisotopic (exact) mass is 171 g/mol. The third kappa shape index (κ3) is 1.26. The van der Waals surface area contributed by atoms with Gasteiger partial charge in [-0.05, 0) is 6.54 Å². The van der Waals surface area contributed by atoms with Crippen LogP contribution in [0.5, 0.6) is 0 Å². The molecule has 0 bridgehead atoms. The van der Waals surface area contributed by atoms with Crippen molar-refractivity contribution in [2.24, 2.45) is 0 Å². The van der Waals surface area contributed by atoms with Gasteiger partial charge in [-0.2, -0.15) is 0 Å². The van der Waals surface area contributed by atoms with Gasteiger partial charge in [0, 0.05) is 26.6 Å². The molecule has 70 valence electrons. The minimum Gasteiger partial charge on any atom is -0.379 e. The normalized spacial score (nSPS) is 34.0. The first-order valence-electron chi connectivity index (χ1n) is 4.67. The van der Waals surface area contributed by atoms with Crippen molar-refractivity contribution in [3.05, 3.63) is 0 Å². The average molecular weight is 171 g/mol. The fourth-order valence-electron chi connectivity index (χ4n) is 2.17. The summed E-state index contributed by atoms with van der Waals surface area (Å²) in [4.78, 5) is 2.40. The van der Waals surface area contributed by atoms with E-state index in [1.807, 2.05) is 0 Å². The van der Waals surface area contributed by atoms with E-state index in [-0.39, 0.29) is 5.60 Å². The number of nitrogens with zero attached hydrogens (tertiary/aromatic N) is 1. The lowest BCUT2D eigenvalue weighted by molar-refractivity contribution is -0.109. The number of rotatable bonds is 2. The first-order chi connectivity index (χ1) is 5.78. The second kappa shape index (κ2) is 2.98. The second-order valence-corrected chi connectivity index (χ2v) is 3.86. The molecule has 2 saturated heterocycles. The van der Waals surface area contributed by atoms with Crippen LogP contribution >= 0.6 is 0 Å². The minimum atomic E-state index is 0.163. The van der Waals surface area contributed by atoms with Crippen molar-refractivity contribution < 1.29 is 9.47 Å². The van der Waals surface area contributed by atoms with Gasteiger partial charge < -0.3 is 9.47 Å². The maximum Gasteiger partial charge on any atom is 0.0961 e. The smallest absolute Gasteiger partial charge is 0.0961 e. The summed E-state index contributed by atoms with van der Waals surface area (Å²) in [6.45, 7) is 6.32. The zero-order chi connectivity index (χ0) is 8.60. The summed E-state index contributed by atoms with van der Waals surface area (Å²) < 4.78 is 11.0. The molecule has 2 aliphatic heterocycles. The summed E-state index contributed by atoms with van der Waals surface area (Å²) >= 11 is 0. The maximum atomic E-state index is 5.75. The molecule has 0 aromatic heterocycles. The van der Waals surface area contributed by atoms with Crippen LogP contribution in [0.2, 0.25) is 0 Å². The topological polar surface area (TPSA) is 21.7 Å². The highest BCUT2D eigenvalue weighted by Crippen LogP contribution is 2.35. The molecule has 0 amide bonds. The van der Waals surface area contributed by atoms with Crippen LogP contribution in [-0.4, -0.2) is 50.0 Å². The van der Waals surface area contributed by atoms with E-state index in [1.165, 1.54) is 0 Å². The van der Waals surface area contributed by atoms with E-state index in [1.54, 1.807) is 7.11 Å². The molecule has 0 aromatic carbocycles. The molecule has 0 saturated carbocycles. The Morgan fingerprint density at radius 3 is 2.83 bits per heavy atom. The molecule has 1 unspecified atom stereocenters. The maximum absolute atomic E-state index is 5.75. The Morgan fingerprint density at radius 2 is 2.33 bits per heavy atom. The SMILES string of the molecule is CCN1CC2(CC(OC)CO2)C1. The summed E-state index contributed by atoms with van der Waals surface area (Å²) in [5.74, 6) is 0. The van der Waals surface area contributed by atoms with Gasteiger partial charge in [-0.15, -0.1) is 0 Å². The van der Waals surface area contributed by atoms with Crippen molar-refractivity contribution in [1.29, 1.82) is 0 Å². The standard InChI is InChI=1S/C9H17NO2/c1-3-10-6-9(7-10)4-8(11-2)5-12-9/h8H,3-7H2,1-2H3. The number of ether oxygens (including phenoxy) is 2. The van der Waals surface area contributed by atoms with Gasteiger partial charge in [-0.25, -0.2) is 0 Å². The van der Waals surface area contributed by atoms with Gasteiger partial charge in [0.1, 0.15) is 0 Å². The quantitative estimate of drug-likeness (QED) is 0.604. The lowest BCUT2D eigenvalue weighted by atomic mass is 9.90. The second-order valence-electron chi connectivity index (χ2n) is 3.86. The molecule has 0 N–H and O–H groups in total. The molecule has 2 aliphatic rings. The Labute approximate surface area is 73.6 Å². The Hall–Kier alpha value is -0.120. The molecule has 2 rings (SSSR count). The fourth-order valence-corrected chi connectivity index (χ4v) is 2.17. The molecule has 0 aliphatic carbocycles. The van der Waals surface area contributed by atoms with Crippen LogP contribution in [0.1, 0.15) is 13.3 Å². The predicted octanol–water partition coefficient (Wildman–Crippen LogP) is 0.496. The highest BCUT2D eigenvalue weighted by molar-refractivity contribution is 5.01. The van der Waals surface area contributed by atoms with Crippen molar-refractivity contribution >= 4 is 0 Å². The molecule has 1 spiro atoms. The Balaban J connectivity index is 1.84. The number of hydrogen-bond donors (Lipinski definition) is 0. The van der Waals surface area contributed by atoms with Gasteiger partial charge in [0.25, 0.3) is 0 Å². The van der Waals surface area contributed by atoms with Crippen LogP contribution in [0.3, 0.4) is 0 Å². The number of likely N-dealkylation sites (tertiary alicyclic amines) is 1. The molecular weight excluding hydrogens is 154 g/mol. The van der Waals surface area contributed by atoms with Gasteiger partial charge in [-0.3, -0.25) is 4.90 Å². The summed E-state index contributed by atoms with van der Waals surface area (Å²) in [6, 6.07) is 0. The third-order valence-corrected chi connectivity index (χ3v) is 2.98. The summed E-state index contributed by atoms with van der Waals surface area (Å²) in [5, 5.41) is 0. The van der Waals surface area contributed by atoms with Crippen LogP contribution < -0.4 is 0 Å².